The Bertz CT molecular complexity index is 1680. The second-order valence-corrected chi connectivity index (χ2v) is 9.84. The van der Waals surface area contributed by atoms with Crippen LogP contribution in [0.15, 0.2) is 101 Å². The number of aryl methyl sites for hydroxylation is 1. The lowest BCUT2D eigenvalue weighted by Gasteiger charge is -2.30. The average molecular weight is 495 g/mol. The third-order valence-electron chi connectivity index (χ3n) is 6.60. The molecular weight excluding hydrogens is 471 g/mol. The summed E-state index contributed by atoms with van der Waals surface area (Å²) >= 11 is 1.38. The fraction of sp³-hybridized carbons (Fsp3) is 0.133. The first-order valence-corrected chi connectivity index (χ1v) is 12.7. The molecule has 1 aromatic heterocycles. The molecular formula is C30H23FN2O2S. The maximum Gasteiger partial charge on any atom is 0.271 e. The number of halogens is 1. The van der Waals surface area contributed by atoms with E-state index in [1.54, 1.807) is 22.8 Å². The summed E-state index contributed by atoms with van der Waals surface area (Å²) in [4.78, 5) is 19.4. The topological polar surface area (TPSA) is 43.6 Å². The van der Waals surface area contributed by atoms with E-state index < -0.39 is 0 Å². The number of hydrogen-bond donors (Lipinski definition) is 0. The van der Waals surface area contributed by atoms with Gasteiger partial charge in [-0.25, -0.2) is 9.38 Å². The van der Waals surface area contributed by atoms with E-state index in [1.807, 2.05) is 42.5 Å². The van der Waals surface area contributed by atoms with Crippen molar-refractivity contribution >= 4 is 23.1 Å². The van der Waals surface area contributed by atoms with E-state index in [-0.39, 0.29) is 17.4 Å². The van der Waals surface area contributed by atoms with Crippen LogP contribution in [0.25, 0.3) is 11.8 Å². The summed E-state index contributed by atoms with van der Waals surface area (Å²) in [7, 11) is 0. The Morgan fingerprint density at radius 1 is 1.06 bits per heavy atom. The Kier molecular flexibility index (Phi) is 5.74. The number of hydrogen-bond acceptors (Lipinski definition) is 4. The van der Waals surface area contributed by atoms with Crippen molar-refractivity contribution in [3.05, 3.63) is 139 Å². The van der Waals surface area contributed by atoms with Gasteiger partial charge in [0.1, 0.15) is 18.2 Å². The number of fused-ring (bicyclic) bond motifs is 3. The van der Waals surface area contributed by atoms with Crippen molar-refractivity contribution in [2.45, 2.75) is 18.9 Å². The van der Waals surface area contributed by atoms with Crippen molar-refractivity contribution in [2.75, 3.05) is 6.61 Å². The predicted octanol–water partition coefficient (Wildman–Crippen LogP) is 5.02. The van der Waals surface area contributed by atoms with Gasteiger partial charge in [-0.3, -0.25) is 9.36 Å². The fourth-order valence-corrected chi connectivity index (χ4v) is 5.94. The zero-order valence-electron chi connectivity index (χ0n) is 19.5. The van der Waals surface area contributed by atoms with Gasteiger partial charge in [0.2, 0.25) is 0 Å². The number of benzene rings is 3. The van der Waals surface area contributed by atoms with E-state index in [0.29, 0.717) is 15.9 Å². The molecule has 2 heterocycles. The number of allylic oxidation sites excluding steroid dienone is 1. The second-order valence-electron chi connectivity index (χ2n) is 8.83. The predicted molar refractivity (Wildman–Crippen MR) is 141 cm³/mol. The van der Waals surface area contributed by atoms with Crippen LogP contribution in [0.5, 0.6) is 5.75 Å². The molecule has 0 radical (unpaired) electrons. The van der Waals surface area contributed by atoms with E-state index in [2.05, 4.69) is 18.7 Å². The van der Waals surface area contributed by atoms with Gasteiger partial charge in [-0.05, 0) is 65.4 Å². The zero-order chi connectivity index (χ0) is 24.6. The summed E-state index contributed by atoms with van der Waals surface area (Å²) in [6.07, 6.45) is 5.27. The Hall–Kier alpha value is -4.03. The van der Waals surface area contributed by atoms with Crippen LogP contribution in [0.3, 0.4) is 0 Å². The molecule has 6 rings (SSSR count). The van der Waals surface area contributed by atoms with Crippen LogP contribution in [0.4, 0.5) is 4.39 Å². The molecule has 4 nitrogen and oxygen atoms in total. The second kappa shape index (κ2) is 9.21. The molecule has 0 saturated carbocycles. The highest BCUT2D eigenvalue weighted by Crippen LogP contribution is 2.41. The summed E-state index contributed by atoms with van der Waals surface area (Å²) in [5.74, 6) is 0.450. The van der Waals surface area contributed by atoms with Crippen LogP contribution in [-0.4, -0.2) is 11.2 Å². The molecule has 4 aromatic rings. The number of aromatic nitrogens is 1. The van der Waals surface area contributed by atoms with Crippen molar-refractivity contribution in [1.29, 1.82) is 0 Å². The molecule has 0 spiro atoms. The highest BCUT2D eigenvalue weighted by molar-refractivity contribution is 7.07. The fourth-order valence-electron chi connectivity index (χ4n) is 4.93. The first-order chi connectivity index (χ1) is 17.6. The van der Waals surface area contributed by atoms with Gasteiger partial charge in [-0.15, -0.1) is 0 Å². The molecule has 0 amide bonds. The number of nitrogens with zero attached hydrogens (tertiary/aromatic N) is 2. The zero-order valence-corrected chi connectivity index (χ0v) is 20.3. The van der Waals surface area contributed by atoms with Gasteiger partial charge in [0.25, 0.3) is 5.56 Å². The third kappa shape index (κ3) is 3.93. The summed E-state index contributed by atoms with van der Waals surface area (Å²) in [5, 5.41) is 0. The van der Waals surface area contributed by atoms with Crippen molar-refractivity contribution in [2.24, 2.45) is 4.99 Å². The van der Waals surface area contributed by atoms with Gasteiger partial charge in [0.05, 0.1) is 16.3 Å². The lowest BCUT2D eigenvalue weighted by atomic mass is 9.83. The van der Waals surface area contributed by atoms with E-state index >= 15 is 0 Å². The molecule has 1 atom stereocenters. The Morgan fingerprint density at radius 2 is 1.83 bits per heavy atom. The molecule has 1 aliphatic carbocycles. The Morgan fingerprint density at radius 3 is 2.61 bits per heavy atom. The van der Waals surface area contributed by atoms with E-state index in [4.69, 9.17) is 9.73 Å². The van der Waals surface area contributed by atoms with Crippen molar-refractivity contribution in [1.82, 2.24) is 4.57 Å². The van der Waals surface area contributed by atoms with Crippen molar-refractivity contribution in [3.63, 3.8) is 0 Å². The lowest BCUT2D eigenvalue weighted by molar-refractivity contribution is 0.363. The third-order valence-corrected chi connectivity index (χ3v) is 7.59. The van der Waals surface area contributed by atoms with Crippen LogP contribution in [0, 0.1) is 5.82 Å². The SMILES string of the molecule is C=CCOc1ccc(/C=c2/sc3n(c2=O)[C@H](c2ccc(F)cc2)C2=C(N=3)c3ccccc3CC2)cc1. The monoisotopic (exact) mass is 494 g/mol. The minimum Gasteiger partial charge on any atom is -0.490 e. The number of ether oxygens (including phenoxy) is 1. The minimum absolute atomic E-state index is 0.0922. The van der Waals surface area contributed by atoms with E-state index in [0.717, 1.165) is 46.6 Å². The Balaban J connectivity index is 1.52. The summed E-state index contributed by atoms with van der Waals surface area (Å²) in [6, 6.07) is 22.1. The normalized spacial score (nSPS) is 16.6. The van der Waals surface area contributed by atoms with E-state index in [1.165, 1.54) is 29.0 Å². The smallest absolute Gasteiger partial charge is 0.271 e. The molecule has 36 heavy (non-hydrogen) atoms. The van der Waals surface area contributed by atoms with Crippen LogP contribution >= 0.6 is 11.3 Å². The van der Waals surface area contributed by atoms with Gasteiger partial charge in [-0.1, -0.05) is 72.5 Å². The van der Waals surface area contributed by atoms with Crippen molar-refractivity contribution < 1.29 is 9.13 Å². The summed E-state index contributed by atoms with van der Waals surface area (Å²) < 4.78 is 21.7. The van der Waals surface area contributed by atoms with Crippen molar-refractivity contribution in [3.8, 4) is 5.75 Å². The molecule has 0 fully saturated rings. The first kappa shape index (κ1) is 22.4. The molecule has 0 N–H and O–H groups in total. The van der Waals surface area contributed by atoms with Crippen LogP contribution in [-0.2, 0) is 6.42 Å². The Labute approximate surface area is 211 Å². The molecule has 0 bridgehead atoms. The first-order valence-electron chi connectivity index (χ1n) is 11.8. The van der Waals surface area contributed by atoms with Gasteiger partial charge in [-0.2, -0.15) is 0 Å². The quantitative estimate of drug-likeness (QED) is 0.366. The van der Waals surface area contributed by atoms with Crippen LogP contribution in [0.2, 0.25) is 0 Å². The molecule has 1 aliphatic heterocycles. The molecule has 0 saturated heterocycles. The molecule has 6 heteroatoms. The summed E-state index contributed by atoms with van der Waals surface area (Å²) in [5.41, 5.74) is 6.10. The largest absolute Gasteiger partial charge is 0.490 e. The van der Waals surface area contributed by atoms with Gasteiger partial charge in [0, 0.05) is 5.56 Å². The highest BCUT2D eigenvalue weighted by Gasteiger charge is 2.32. The minimum atomic E-state index is -0.318. The van der Waals surface area contributed by atoms with Gasteiger partial charge >= 0.3 is 0 Å². The number of thiazole rings is 1. The molecule has 0 unspecified atom stereocenters. The maximum absolute atomic E-state index is 13.8. The number of rotatable bonds is 5. The molecule has 178 valence electrons. The van der Waals surface area contributed by atoms with Gasteiger partial charge < -0.3 is 4.74 Å². The summed E-state index contributed by atoms with van der Waals surface area (Å²) in [6.45, 7) is 4.10. The van der Waals surface area contributed by atoms with Gasteiger partial charge in [0.15, 0.2) is 4.80 Å². The van der Waals surface area contributed by atoms with Crippen LogP contribution < -0.4 is 19.6 Å². The van der Waals surface area contributed by atoms with Crippen LogP contribution in [0.1, 0.15) is 34.7 Å². The average Bonchev–Trinajstić information content (AvgIpc) is 3.22. The molecule has 3 aromatic carbocycles. The lowest BCUT2D eigenvalue weighted by Crippen LogP contribution is -2.38. The highest BCUT2D eigenvalue weighted by atomic mass is 32.1. The maximum atomic E-state index is 13.8. The molecule has 2 aliphatic rings. The van der Waals surface area contributed by atoms with E-state index in [9.17, 15) is 9.18 Å². The standard InChI is InChI=1S/C30H23FN2O2S/c1-2-17-35-23-14-7-19(8-15-23)18-26-29(34)33-28(21-9-12-22(31)13-10-21)25-16-11-20-5-3-4-6-24(20)27(25)32-30(33)36-26/h2-10,12-15,18,28H,1,11,16-17H2/b26-18+/t28-/m1/s1.